The zero-order valence-electron chi connectivity index (χ0n) is 8.92. The van der Waals surface area contributed by atoms with Gasteiger partial charge >= 0.3 is 0 Å². The maximum absolute atomic E-state index is 6.01. The van der Waals surface area contributed by atoms with Gasteiger partial charge in [-0.15, -0.1) is 0 Å². The summed E-state index contributed by atoms with van der Waals surface area (Å²) in [6.07, 6.45) is 4.87. The van der Waals surface area contributed by atoms with Gasteiger partial charge in [0.25, 0.3) is 0 Å². The Hall–Kier alpha value is -0.540. The van der Waals surface area contributed by atoms with Crippen LogP contribution in [0.25, 0.3) is 0 Å². The molecular weight excluding hydrogens is 288 g/mol. The third kappa shape index (κ3) is 2.77. The molecule has 2 N–H and O–H groups in total. The highest BCUT2D eigenvalue weighted by Crippen LogP contribution is 2.30. The van der Waals surface area contributed by atoms with Crippen LogP contribution in [0, 0.1) is 5.92 Å². The normalized spacial score (nSPS) is 18.0. The molecule has 2 rings (SSSR count). The summed E-state index contributed by atoms with van der Waals surface area (Å²) < 4.78 is 0.890. The number of benzene rings is 1. The van der Waals surface area contributed by atoms with Crippen LogP contribution in [0.4, 0.5) is 5.69 Å². The van der Waals surface area contributed by atoms with Gasteiger partial charge in [-0.25, -0.2) is 4.99 Å². The molecule has 0 amide bonds. The second-order valence-corrected chi connectivity index (χ2v) is 5.40. The molecule has 16 heavy (non-hydrogen) atoms. The molecule has 0 bridgehead atoms. The Bertz CT molecular complexity index is 411. The van der Waals surface area contributed by atoms with Gasteiger partial charge in [0.1, 0.15) is 5.84 Å². The zero-order valence-corrected chi connectivity index (χ0v) is 11.3. The smallest absolute Gasteiger partial charge is 0.103 e. The fraction of sp³-hybridized carbons (Fsp3) is 0.417. The summed E-state index contributed by atoms with van der Waals surface area (Å²) in [6.45, 7) is 0. The van der Waals surface area contributed by atoms with Crippen LogP contribution in [0.1, 0.15) is 25.7 Å². The van der Waals surface area contributed by atoms with Crippen molar-refractivity contribution in [2.75, 3.05) is 0 Å². The van der Waals surface area contributed by atoms with Gasteiger partial charge in [-0.3, -0.25) is 0 Å². The Morgan fingerprint density at radius 1 is 1.38 bits per heavy atom. The first-order valence-corrected chi connectivity index (χ1v) is 6.63. The lowest BCUT2D eigenvalue weighted by Crippen LogP contribution is -2.20. The first-order chi connectivity index (χ1) is 7.66. The van der Waals surface area contributed by atoms with Gasteiger partial charge in [0.15, 0.2) is 0 Å². The van der Waals surface area contributed by atoms with Crippen molar-refractivity contribution in [2.24, 2.45) is 16.6 Å². The first kappa shape index (κ1) is 11.9. The first-order valence-electron chi connectivity index (χ1n) is 5.46. The minimum atomic E-state index is 0.461. The Morgan fingerprint density at radius 3 is 2.69 bits per heavy atom. The summed E-state index contributed by atoms with van der Waals surface area (Å²) in [4.78, 5) is 4.47. The summed E-state index contributed by atoms with van der Waals surface area (Å²) in [6, 6.07) is 5.55. The number of hydrogen-bond donors (Lipinski definition) is 1. The van der Waals surface area contributed by atoms with E-state index < -0.39 is 0 Å². The number of amidine groups is 1. The maximum Gasteiger partial charge on any atom is 0.103 e. The highest BCUT2D eigenvalue weighted by atomic mass is 79.9. The minimum Gasteiger partial charge on any atom is -0.387 e. The van der Waals surface area contributed by atoms with Crippen molar-refractivity contribution in [3.63, 3.8) is 0 Å². The predicted molar refractivity (Wildman–Crippen MR) is 72.4 cm³/mol. The molecule has 0 radical (unpaired) electrons. The van der Waals surface area contributed by atoms with Gasteiger partial charge in [0.05, 0.1) is 5.69 Å². The molecule has 2 nitrogen and oxygen atoms in total. The largest absolute Gasteiger partial charge is 0.387 e. The quantitative estimate of drug-likeness (QED) is 0.642. The van der Waals surface area contributed by atoms with Crippen LogP contribution in [0.5, 0.6) is 0 Å². The Balaban J connectivity index is 2.20. The number of halogens is 2. The van der Waals surface area contributed by atoms with Gasteiger partial charge in [0.2, 0.25) is 0 Å². The molecule has 0 aliphatic heterocycles. The van der Waals surface area contributed by atoms with Gasteiger partial charge < -0.3 is 5.73 Å². The number of nitrogens with two attached hydrogens (primary N) is 1. The fourth-order valence-electron chi connectivity index (χ4n) is 2.02. The molecule has 1 aromatic carbocycles. The van der Waals surface area contributed by atoms with Crippen molar-refractivity contribution in [3.8, 4) is 0 Å². The second-order valence-electron chi connectivity index (χ2n) is 4.11. The van der Waals surface area contributed by atoms with Crippen molar-refractivity contribution < 1.29 is 0 Å². The Morgan fingerprint density at radius 2 is 2.06 bits per heavy atom. The van der Waals surface area contributed by atoms with E-state index in [4.69, 9.17) is 17.3 Å². The molecule has 0 aromatic heterocycles. The molecule has 0 saturated heterocycles. The lowest BCUT2D eigenvalue weighted by Gasteiger charge is -2.08. The third-order valence-corrected chi connectivity index (χ3v) is 3.80. The van der Waals surface area contributed by atoms with Gasteiger partial charge in [0, 0.05) is 15.4 Å². The molecule has 0 unspecified atom stereocenters. The topological polar surface area (TPSA) is 38.4 Å². The number of rotatable bonds is 2. The molecule has 1 aliphatic carbocycles. The standard InChI is InChI=1S/C12H14BrClN2/c13-10-7-9(14)5-6-11(10)16-12(15)8-3-1-2-4-8/h5-8H,1-4H2,(H2,15,16). The molecule has 1 saturated carbocycles. The van der Waals surface area contributed by atoms with Crippen LogP contribution in [0.15, 0.2) is 27.7 Å². The van der Waals surface area contributed by atoms with Crippen LogP contribution >= 0.6 is 27.5 Å². The van der Waals surface area contributed by atoms with E-state index >= 15 is 0 Å². The van der Waals surface area contributed by atoms with E-state index in [2.05, 4.69) is 20.9 Å². The summed E-state index contributed by atoms with van der Waals surface area (Å²) in [5.74, 6) is 1.21. The molecule has 4 heteroatoms. The highest BCUT2D eigenvalue weighted by Gasteiger charge is 2.18. The van der Waals surface area contributed by atoms with Crippen LogP contribution in [-0.2, 0) is 0 Å². The lowest BCUT2D eigenvalue weighted by molar-refractivity contribution is 0.722. The van der Waals surface area contributed by atoms with Crippen LogP contribution in [0.2, 0.25) is 5.02 Å². The summed E-state index contributed by atoms with van der Waals surface area (Å²) in [5.41, 5.74) is 6.87. The number of nitrogens with zero attached hydrogens (tertiary/aromatic N) is 1. The van der Waals surface area contributed by atoms with Crippen molar-refractivity contribution in [2.45, 2.75) is 25.7 Å². The summed E-state index contributed by atoms with van der Waals surface area (Å²) >= 11 is 9.31. The molecule has 0 heterocycles. The Labute approximate surface area is 109 Å². The molecule has 1 fully saturated rings. The van der Waals surface area contributed by atoms with Crippen LogP contribution in [0.3, 0.4) is 0 Å². The molecular formula is C12H14BrClN2. The number of aliphatic imine (C=N–C) groups is 1. The number of hydrogen-bond acceptors (Lipinski definition) is 1. The minimum absolute atomic E-state index is 0.461. The molecule has 86 valence electrons. The average molecular weight is 302 g/mol. The van der Waals surface area contributed by atoms with Gasteiger partial charge in [-0.2, -0.15) is 0 Å². The average Bonchev–Trinajstić information content (AvgIpc) is 2.75. The van der Waals surface area contributed by atoms with E-state index in [0.717, 1.165) is 16.0 Å². The van der Waals surface area contributed by atoms with Crippen molar-refractivity contribution in [3.05, 3.63) is 27.7 Å². The van der Waals surface area contributed by atoms with E-state index in [1.807, 2.05) is 18.2 Å². The fourth-order valence-corrected chi connectivity index (χ4v) is 2.80. The molecule has 0 atom stereocenters. The van der Waals surface area contributed by atoms with Crippen molar-refractivity contribution in [1.82, 2.24) is 0 Å². The predicted octanol–water partition coefficient (Wildman–Crippen LogP) is 4.28. The summed E-state index contributed by atoms with van der Waals surface area (Å²) in [5, 5.41) is 0.699. The van der Waals surface area contributed by atoms with Gasteiger partial charge in [-0.05, 0) is 47.0 Å². The lowest BCUT2D eigenvalue weighted by atomic mass is 10.1. The Kier molecular flexibility index (Phi) is 3.87. The van der Waals surface area contributed by atoms with E-state index in [1.165, 1.54) is 25.7 Å². The van der Waals surface area contributed by atoms with E-state index in [-0.39, 0.29) is 0 Å². The third-order valence-electron chi connectivity index (χ3n) is 2.93. The van der Waals surface area contributed by atoms with E-state index in [0.29, 0.717) is 10.9 Å². The second kappa shape index (κ2) is 5.19. The van der Waals surface area contributed by atoms with E-state index in [9.17, 15) is 0 Å². The van der Waals surface area contributed by atoms with E-state index in [1.54, 1.807) is 0 Å². The van der Waals surface area contributed by atoms with Crippen molar-refractivity contribution >= 4 is 39.1 Å². The monoisotopic (exact) mass is 300 g/mol. The highest BCUT2D eigenvalue weighted by molar-refractivity contribution is 9.10. The molecule has 0 spiro atoms. The van der Waals surface area contributed by atoms with Gasteiger partial charge in [-0.1, -0.05) is 24.4 Å². The SMILES string of the molecule is NC(=Nc1ccc(Cl)cc1Br)C1CCCC1. The van der Waals surface area contributed by atoms with Crippen LogP contribution in [-0.4, -0.2) is 5.84 Å². The molecule has 1 aromatic rings. The summed E-state index contributed by atoms with van der Waals surface area (Å²) in [7, 11) is 0. The molecule has 1 aliphatic rings. The maximum atomic E-state index is 6.01. The zero-order chi connectivity index (χ0) is 11.5. The van der Waals surface area contributed by atoms with Crippen molar-refractivity contribution in [1.29, 1.82) is 0 Å². The van der Waals surface area contributed by atoms with Crippen LogP contribution < -0.4 is 5.73 Å².